The van der Waals surface area contributed by atoms with Gasteiger partial charge >= 0.3 is 0 Å². The van der Waals surface area contributed by atoms with Crippen LogP contribution in [0.4, 0.5) is 34.5 Å². The third kappa shape index (κ3) is 6.40. The molecule has 4 aromatic rings. The molecule has 1 aliphatic heterocycles. The van der Waals surface area contributed by atoms with Gasteiger partial charge in [0.25, 0.3) is 0 Å². The number of rotatable bonds is 11. The second kappa shape index (κ2) is 13.9. The standard InChI is InChI=1S/C34H44IN9OS/c1-8-22-19-29(30(45-6)20-28(22)43-17-13-24(14-18-43)40(2)3)41(4)34-38-21-25(23-9-10-23)33(39-34)44(35)27-12-11-26-31(37-16-15-36-26)32(27)42(5)46-7/h11-12,15-16,19-21,23-24H,8-10,13-14,17-18H2,1-7H3. The van der Waals surface area contributed by atoms with Crippen molar-refractivity contribution in [3.63, 3.8) is 0 Å². The van der Waals surface area contributed by atoms with E-state index in [1.54, 1.807) is 31.5 Å². The molecule has 2 aromatic heterocycles. The third-order valence-electron chi connectivity index (χ3n) is 9.34. The average Bonchev–Trinajstić information content (AvgIpc) is 3.95. The molecule has 244 valence electrons. The fourth-order valence-corrected chi connectivity index (χ4v) is 7.53. The Morgan fingerprint density at radius 2 is 1.72 bits per heavy atom. The third-order valence-corrected chi connectivity index (χ3v) is 11.0. The number of ether oxygens (including phenoxy) is 1. The monoisotopic (exact) mass is 753 g/mol. The smallest absolute Gasteiger partial charge is 0.231 e. The lowest BCUT2D eigenvalue weighted by Crippen LogP contribution is -2.42. The number of methoxy groups -OCH3 is 1. The van der Waals surface area contributed by atoms with Crippen LogP contribution in [-0.4, -0.2) is 85.5 Å². The number of aryl methyl sites for hydroxylation is 1. The predicted molar refractivity (Wildman–Crippen MR) is 201 cm³/mol. The molecule has 1 saturated carbocycles. The summed E-state index contributed by atoms with van der Waals surface area (Å²) in [5, 5.41) is 0. The van der Waals surface area contributed by atoms with Crippen molar-refractivity contribution in [3.8, 4) is 5.75 Å². The molecular formula is C34H44IN9OS. The van der Waals surface area contributed by atoms with Crippen molar-refractivity contribution >= 4 is 80.4 Å². The lowest BCUT2D eigenvalue weighted by molar-refractivity contribution is 0.249. The van der Waals surface area contributed by atoms with Crippen molar-refractivity contribution in [1.82, 2.24) is 24.8 Å². The van der Waals surface area contributed by atoms with Gasteiger partial charge in [-0.1, -0.05) is 18.9 Å². The normalized spacial score (nSPS) is 15.5. The minimum atomic E-state index is 0.464. The Morgan fingerprint density at radius 1 is 0.978 bits per heavy atom. The van der Waals surface area contributed by atoms with Crippen LogP contribution < -0.4 is 22.0 Å². The maximum atomic E-state index is 6.03. The van der Waals surface area contributed by atoms with E-state index in [-0.39, 0.29) is 0 Å². The number of hydrogen-bond acceptors (Lipinski definition) is 11. The van der Waals surface area contributed by atoms with Crippen molar-refractivity contribution in [3.05, 3.63) is 54.0 Å². The molecule has 1 aliphatic carbocycles. The van der Waals surface area contributed by atoms with Gasteiger partial charge in [0.1, 0.15) is 11.3 Å². The Kier molecular flexibility index (Phi) is 9.95. The average molecular weight is 754 g/mol. The number of fused-ring (bicyclic) bond motifs is 1. The van der Waals surface area contributed by atoms with Crippen LogP contribution in [0.5, 0.6) is 5.75 Å². The molecular weight excluding hydrogens is 709 g/mol. The van der Waals surface area contributed by atoms with E-state index in [1.165, 1.54) is 16.8 Å². The molecule has 0 N–H and O–H groups in total. The Morgan fingerprint density at radius 3 is 2.37 bits per heavy atom. The first kappa shape index (κ1) is 32.8. The minimum Gasteiger partial charge on any atom is -0.494 e. The second-order valence-corrected chi connectivity index (χ2v) is 14.2. The number of halogens is 1. The highest BCUT2D eigenvalue weighted by Gasteiger charge is 2.32. The summed E-state index contributed by atoms with van der Waals surface area (Å²) >= 11 is 4.03. The molecule has 0 amide bonds. The zero-order chi connectivity index (χ0) is 32.5. The van der Waals surface area contributed by atoms with E-state index in [0.717, 1.165) is 84.9 Å². The summed E-state index contributed by atoms with van der Waals surface area (Å²) in [6.07, 6.45) is 13.1. The molecule has 0 spiro atoms. The van der Waals surface area contributed by atoms with E-state index in [4.69, 9.17) is 19.7 Å². The number of hydrogen-bond donors (Lipinski definition) is 0. The van der Waals surface area contributed by atoms with E-state index < -0.39 is 0 Å². The summed E-state index contributed by atoms with van der Waals surface area (Å²) in [5.41, 5.74) is 8.43. The quantitative estimate of drug-likeness (QED) is 0.0876. The summed E-state index contributed by atoms with van der Waals surface area (Å²) in [6.45, 7) is 4.32. The van der Waals surface area contributed by atoms with Gasteiger partial charge in [-0.15, -0.1) is 0 Å². The zero-order valence-electron chi connectivity index (χ0n) is 27.9. The highest BCUT2D eigenvalue weighted by Crippen LogP contribution is 2.49. The van der Waals surface area contributed by atoms with Gasteiger partial charge < -0.3 is 23.7 Å². The van der Waals surface area contributed by atoms with Crippen LogP contribution >= 0.6 is 34.8 Å². The number of piperidine rings is 1. The Bertz CT molecular complexity index is 1690. The summed E-state index contributed by atoms with van der Waals surface area (Å²) in [6, 6.07) is 9.26. The number of benzene rings is 2. The number of anilines is 6. The number of nitrogens with zero attached hydrogens (tertiary/aromatic N) is 9. The van der Waals surface area contributed by atoms with E-state index in [0.29, 0.717) is 17.9 Å². The Hall–Kier alpha value is -3.10. The van der Waals surface area contributed by atoms with E-state index in [9.17, 15) is 0 Å². The van der Waals surface area contributed by atoms with Crippen molar-refractivity contribution in [1.29, 1.82) is 0 Å². The Labute approximate surface area is 291 Å². The van der Waals surface area contributed by atoms with Crippen molar-refractivity contribution in [2.24, 2.45) is 0 Å². The molecule has 12 heteroatoms. The van der Waals surface area contributed by atoms with Crippen molar-refractivity contribution in [2.45, 2.75) is 51.0 Å². The van der Waals surface area contributed by atoms with Crippen molar-refractivity contribution in [2.75, 3.05) is 71.9 Å². The Balaban J connectivity index is 1.38. The van der Waals surface area contributed by atoms with E-state index in [2.05, 4.69) is 102 Å². The van der Waals surface area contributed by atoms with Gasteiger partial charge in [0.2, 0.25) is 5.95 Å². The van der Waals surface area contributed by atoms with Crippen molar-refractivity contribution < 1.29 is 4.74 Å². The lowest BCUT2D eigenvalue weighted by Gasteiger charge is -2.37. The topological polar surface area (TPSA) is 77.0 Å². The fourth-order valence-electron chi connectivity index (χ4n) is 6.39. The fraction of sp³-hybridized carbons (Fsp3) is 0.471. The SMILES string of the molecule is CCc1cc(N(C)c2ncc(C3CC3)c(N(I)c3ccc4nccnc4c3N(C)SC)n2)c(OC)cc1N1CCC(N(C)C)CC1. The summed E-state index contributed by atoms with van der Waals surface area (Å²) in [7, 11) is 10.2. The van der Waals surface area contributed by atoms with Crippen LogP contribution in [0.25, 0.3) is 11.0 Å². The van der Waals surface area contributed by atoms with Crippen LogP contribution in [0.1, 0.15) is 49.7 Å². The summed E-state index contributed by atoms with van der Waals surface area (Å²) in [4.78, 5) is 26.4. The first-order chi connectivity index (χ1) is 22.2. The molecule has 0 radical (unpaired) electrons. The largest absolute Gasteiger partial charge is 0.494 e. The molecule has 3 heterocycles. The van der Waals surface area contributed by atoms with Crippen LogP contribution in [0.15, 0.2) is 42.9 Å². The molecule has 2 fully saturated rings. The summed E-state index contributed by atoms with van der Waals surface area (Å²) < 4.78 is 10.3. The van der Waals surface area contributed by atoms with Gasteiger partial charge in [0.15, 0.2) is 5.82 Å². The molecule has 2 aromatic carbocycles. The lowest BCUT2D eigenvalue weighted by atomic mass is 10.0. The molecule has 0 bridgehead atoms. The second-order valence-electron chi connectivity index (χ2n) is 12.3. The molecule has 1 saturated heterocycles. The molecule has 0 unspecified atom stereocenters. The maximum absolute atomic E-state index is 6.03. The van der Waals surface area contributed by atoms with Gasteiger partial charge in [-0.2, -0.15) is 4.98 Å². The van der Waals surface area contributed by atoms with Crippen LogP contribution in [0, 0.1) is 0 Å². The highest BCUT2D eigenvalue weighted by atomic mass is 127. The highest BCUT2D eigenvalue weighted by molar-refractivity contribution is 14.1. The molecule has 46 heavy (non-hydrogen) atoms. The van der Waals surface area contributed by atoms with Crippen LogP contribution in [0.2, 0.25) is 0 Å². The van der Waals surface area contributed by atoms with Gasteiger partial charge in [-0.05, 0) is 75.9 Å². The van der Waals surface area contributed by atoms with Gasteiger partial charge in [-0.3, -0.25) is 13.1 Å². The van der Waals surface area contributed by atoms with Crippen LogP contribution in [0.3, 0.4) is 0 Å². The van der Waals surface area contributed by atoms with E-state index >= 15 is 0 Å². The molecule has 6 rings (SSSR count). The maximum Gasteiger partial charge on any atom is 0.231 e. The molecule has 10 nitrogen and oxygen atoms in total. The molecule has 0 atom stereocenters. The van der Waals surface area contributed by atoms with Crippen LogP contribution in [-0.2, 0) is 6.42 Å². The van der Waals surface area contributed by atoms with Gasteiger partial charge in [-0.25, -0.2) is 4.98 Å². The first-order valence-corrected chi connectivity index (χ1v) is 18.1. The first-order valence-electron chi connectivity index (χ1n) is 16.0. The van der Waals surface area contributed by atoms with Gasteiger partial charge in [0, 0.05) is 75.4 Å². The number of aromatic nitrogens is 4. The predicted octanol–water partition coefficient (Wildman–Crippen LogP) is 7.37. The minimum absolute atomic E-state index is 0.464. The molecule has 2 aliphatic rings. The van der Waals surface area contributed by atoms with Gasteiger partial charge in [0.05, 0.1) is 52.6 Å². The summed E-state index contributed by atoms with van der Waals surface area (Å²) in [5.74, 6) is 2.81. The van der Waals surface area contributed by atoms with E-state index in [1.807, 2.05) is 19.3 Å². The zero-order valence-corrected chi connectivity index (χ0v) is 30.8.